The Labute approximate surface area is 151 Å². The maximum atomic E-state index is 13.8. The lowest BCUT2D eigenvalue weighted by Gasteiger charge is -2.42. The van der Waals surface area contributed by atoms with Gasteiger partial charge in [-0.1, -0.05) is 13.8 Å². The van der Waals surface area contributed by atoms with Crippen LogP contribution in [0.25, 0.3) is 11.3 Å². The second kappa shape index (κ2) is 6.46. The Morgan fingerprint density at radius 2 is 1.96 bits per heavy atom. The molecule has 0 fully saturated rings. The zero-order chi connectivity index (χ0) is 19.2. The van der Waals surface area contributed by atoms with E-state index >= 15 is 0 Å². The molecule has 1 aliphatic heterocycles. The van der Waals surface area contributed by atoms with E-state index in [1.54, 1.807) is 4.90 Å². The number of benzene rings is 1. The number of halogens is 2. The van der Waals surface area contributed by atoms with Gasteiger partial charge in [0.15, 0.2) is 11.6 Å². The van der Waals surface area contributed by atoms with Crippen LogP contribution < -0.4 is 5.73 Å². The molecular weight excluding hydrogens is 338 g/mol. The molecular formula is C19H24F2N4O. The lowest BCUT2D eigenvalue weighted by molar-refractivity contribution is -0.137. The van der Waals surface area contributed by atoms with Gasteiger partial charge >= 0.3 is 0 Å². The first-order valence-corrected chi connectivity index (χ1v) is 8.75. The van der Waals surface area contributed by atoms with Crippen molar-refractivity contribution in [3.8, 4) is 11.3 Å². The lowest BCUT2D eigenvalue weighted by Crippen LogP contribution is -2.53. The third-order valence-electron chi connectivity index (χ3n) is 4.99. The molecule has 0 bridgehead atoms. The second-order valence-corrected chi connectivity index (χ2v) is 7.41. The van der Waals surface area contributed by atoms with E-state index in [-0.39, 0.29) is 18.4 Å². The molecule has 0 saturated carbocycles. The summed E-state index contributed by atoms with van der Waals surface area (Å²) in [5, 5.41) is 0. The fourth-order valence-corrected chi connectivity index (χ4v) is 3.75. The van der Waals surface area contributed by atoms with E-state index in [9.17, 15) is 13.6 Å². The average molecular weight is 362 g/mol. The summed E-state index contributed by atoms with van der Waals surface area (Å²) in [4.78, 5) is 18.7. The number of fused-ring (bicyclic) bond motifs is 1. The molecule has 0 atom stereocenters. The Hall–Kier alpha value is -2.28. The van der Waals surface area contributed by atoms with Crippen LogP contribution in [0.5, 0.6) is 0 Å². The van der Waals surface area contributed by atoms with Crippen molar-refractivity contribution in [3.05, 3.63) is 41.4 Å². The largest absolute Gasteiger partial charge is 0.327 e. The minimum Gasteiger partial charge on any atom is -0.327 e. The van der Waals surface area contributed by atoms with E-state index in [0.29, 0.717) is 24.3 Å². The highest BCUT2D eigenvalue weighted by Gasteiger charge is 2.41. The second-order valence-electron chi connectivity index (χ2n) is 7.41. The third kappa shape index (κ3) is 2.80. The van der Waals surface area contributed by atoms with E-state index in [2.05, 4.69) is 4.57 Å². The standard InChI is InChI=1S/C19H24F2N4O/c1-11(2)17-16(12-5-6-13(20)14(21)9-12)23-18-19(3,4)25(15(26)10-22)8-7-24(17)18/h5-6,9,11H,7-8,10,22H2,1-4H3. The maximum absolute atomic E-state index is 13.8. The van der Waals surface area contributed by atoms with E-state index in [1.807, 2.05) is 27.7 Å². The van der Waals surface area contributed by atoms with Crippen molar-refractivity contribution >= 4 is 5.91 Å². The van der Waals surface area contributed by atoms with Crippen molar-refractivity contribution in [2.45, 2.75) is 45.7 Å². The molecule has 0 aliphatic carbocycles. The summed E-state index contributed by atoms with van der Waals surface area (Å²) in [6.45, 7) is 9.00. The highest BCUT2D eigenvalue weighted by molar-refractivity contribution is 5.79. The van der Waals surface area contributed by atoms with E-state index in [1.165, 1.54) is 12.1 Å². The van der Waals surface area contributed by atoms with Crippen molar-refractivity contribution in [1.29, 1.82) is 0 Å². The number of hydrogen-bond donors (Lipinski definition) is 1. The van der Waals surface area contributed by atoms with Gasteiger partial charge in [-0.15, -0.1) is 0 Å². The number of rotatable bonds is 3. The third-order valence-corrected chi connectivity index (χ3v) is 4.99. The zero-order valence-electron chi connectivity index (χ0n) is 15.5. The topological polar surface area (TPSA) is 64.2 Å². The molecule has 5 nitrogen and oxygen atoms in total. The molecule has 1 aromatic heterocycles. The Morgan fingerprint density at radius 1 is 1.27 bits per heavy atom. The minimum absolute atomic E-state index is 0.0583. The molecule has 0 saturated heterocycles. The molecule has 26 heavy (non-hydrogen) atoms. The molecule has 0 spiro atoms. The zero-order valence-corrected chi connectivity index (χ0v) is 15.5. The molecule has 140 valence electrons. The number of aromatic nitrogens is 2. The first kappa shape index (κ1) is 18.5. The van der Waals surface area contributed by atoms with Crippen molar-refractivity contribution in [2.24, 2.45) is 5.73 Å². The highest BCUT2D eigenvalue weighted by atomic mass is 19.2. The average Bonchev–Trinajstić information content (AvgIpc) is 2.98. The fourth-order valence-electron chi connectivity index (χ4n) is 3.75. The van der Waals surface area contributed by atoms with E-state index < -0.39 is 17.2 Å². The van der Waals surface area contributed by atoms with Gasteiger partial charge in [0.1, 0.15) is 5.82 Å². The summed E-state index contributed by atoms with van der Waals surface area (Å²) in [6, 6.07) is 3.82. The Balaban J connectivity index is 2.19. The predicted molar refractivity (Wildman–Crippen MR) is 95.5 cm³/mol. The summed E-state index contributed by atoms with van der Waals surface area (Å²) in [6.07, 6.45) is 0. The number of hydrogen-bond acceptors (Lipinski definition) is 3. The van der Waals surface area contributed by atoms with Gasteiger partial charge in [-0.25, -0.2) is 13.8 Å². The van der Waals surface area contributed by atoms with Gasteiger partial charge in [0, 0.05) is 24.3 Å². The maximum Gasteiger partial charge on any atom is 0.237 e. The molecule has 0 unspecified atom stereocenters. The van der Waals surface area contributed by atoms with Gasteiger partial charge in [0.25, 0.3) is 0 Å². The predicted octanol–water partition coefficient (Wildman–Crippen LogP) is 2.99. The molecule has 2 heterocycles. The van der Waals surface area contributed by atoms with Crippen LogP contribution in [0.2, 0.25) is 0 Å². The Morgan fingerprint density at radius 3 is 2.54 bits per heavy atom. The minimum atomic E-state index is -0.901. The van der Waals surface area contributed by atoms with Crippen LogP contribution in [0.15, 0.2) is 18.2 Å². The van der Waals surface area contributed by atoms with Crippen LogP contribution in [0.3, 0.4) is 0 Å². The van der Waals surface area contributed by atoms with E-state index in [4.69, 9.17) is 10.7 Å². The van der Waals surface area contributed by atoms with Crippen LogP contribution in [-0.2, 0) is 16.9 Å². The smallest absolute Gasteiger partial charge is 0.237 e. The Bertz CT molecular complexity index is 857. The molecule has 1 amide bonds. The van der Waals surface area contributed by atoms with Crippen LogP contribution in [0.4, 0.5) is 8.78 Å². The van der Waals surface area contributed by atoms with Gasteiger partial charge in [-0.3, -0.25) is 4.79 Å². The van der Waals surface area contributed by atoms with Gasteiger partial charge < -0.3 is 15.2 Å². The summed E-state index contributed by atoms with van der Waals surface area (Å²) in [7, 11) is 0. The van der Waals surface area contributed by atoms with E-state index in [0.717, 1.165) is 17.6 Å². The van der Waals surface area contributed by atoms with Gasteiger partial charge in [0.2, 0.25) is 5.91 Å². The van der Waals surface area contributed by atoms with Crippen molar-refractivity contribution in [2.75, 3.05) is 13.1 Å². The molecule has 1 aliphatic rings. The van der Waals surface area contributed by atoms with Crippen LogP contribution >= 0.6 is 0 Å². The summed E-state index contributed by atoms with van der Waals surface area (Å²) in [5.41, 5.74) is 7.03. The summed E-state index contributed by atoms with van der Waals surface area (Å²) >= 11 is 0. The van der Waals surface area contributed by atoms with Gasteiger partial charge in [-0.2, -0.15) is 0 Å². The van der Waals surface area contributed by atoms with Gasteiger partial charge in [0.05, 0.1) is 17.8 Å². The van der Waals surface area contributed by atoms with Crippen molar-refractivity contribution in [1.82, 2.24) is 14.5 Å². The van der Waals surface area contributed by atoms with Crippen LogP contribution in [0, 0.1) is 11.6 Å². The molecule has 0 radical (unpaired) electrons. The van der Waals surface area contributed by atoms with Gasteiger partial charge in [-0.05, 0) is 38.0 Å². The Kier molecular flexibility index (Phi) is 4.60. The lowest BCUT2D eigenvalue weighted by atomic mass is 9.98. The number of carbonyl (C=O) groups excluding carboxylic acids is 1. The molecule has 7 heteroatoms. The fraction of sp³-hybridized carbons (Fsp3) is 0.474. The molecule has 3 rings (SSSR count). The number of amides is 1. The number of imidazole rings is 1. The summed E-state index contributed by atoms with van der Waals surface area (Å²) < 4.78 is 29.2. The summed E-state index contributed by atoms with van der Waals surface area (Å²) in [5.74, 6) is -1.06. The molecule has 2 aromatic rings. The first-order chi connectivity index (χ1) is 12.2. The number of nitrogens with two attached hydrogens (primary N) is 1. The van der Waals surface area contributed by atoms with Crippen LogP contribution in [-0.4, -0.2) is 33.4 Å². The number of nitrogens with zero attached hydrogens (tertiary/aromatic N) is 3. The highest BCUT2D eigenvalue weighted by Crippen LogP contribution is 2.38. The first-order valence-electron chi connectivity index (χ1n) is 8.75. The van der Waals surface area contributed by atoms with Crippen LogP contribution in [0.1, 0.15) is 45.1 Å². The monoisotopic (exact) mass is 362 g/mol. The molecule has 2 N–H and O–H groups in total. The van der Waals surface area contributed by atoms with Crippen molar-refractivity contribution in [3.63, 3.8) is 0 Å². The normalized spacial score (nSPS) is 16.1. The quantitative estimate of drug-likeness (QED) is 0.913. The van der Waals surface area contributed by atoms with Crippen molar-refractivity contribution < 1.29 is 13.6 Å². The molecule has 1 aromatic carbocycles. The SMILES string of the molecule is CC(C)c1c(-c2ccc(F)c(F)c2)nc2n1CCN(C(=O)CN)C2(C)C. The number of carbonyl (C=O) groups is 1.